The Balaban J connectivity index is 2.24. The number of carboxylic acid groups (broad SMARTS) is 1. The molecule has 136 valence electrons. The van der Waals surface area contributed by atoms with Gasteiger partial charge in [0.1, 0.15) is 6.04 Å². The number of halogens is 3. The molecule has 0 saturated heterocycles. The van der Waals surface area contributed by atoms with Crippen molar-refractivity contribution in [2.45, 2.75) is 45.8 Å². The van der Waals surface area contributed by atoms with Crippen LogP contribution in [0.3, 0.4) is 0 Å². The highest BCUT2D eigenvalue weighted by molar-refractivity contribution is 5.83. The number of nitrogens with zero attached hydrogens (tertiary/aromatic N) is 4. The fourth-order valence-electron chi connectivity index (χ4n) is 2.30. The number of aromatic nitrogens is 4. The Hall–Kier alpha value is -2.72. The van der Waals surface area contributed by atoms with Gasteiger partial charge in [-0.1, -0.05) is 0 Å². The summed E-state index contributed by atoms with van der Waals surface area (Å²) >= 11 is 0. The Morgan fingerprint density at radius 3 is 2.48 bits per heavy atom. The molecule has 0 aromatic carbocycles. The first kappa shape index (κ1) is 18.6. The normalized spacial score (nSPS) is 13.0. The van der Waals surface area contributed by atoms with E-state index >= 15 is 0 Å². The summed E-state index contributed by atoms with van der Waals surface area (Å²) in [6.07, 6.45) is -4.53. The molecular formula is C14H16F3N5O3. The van der Waals surface area contributed by atoms with E-state index in [9.17, 15) is 22.8 Å². The molecule has 2 rings (SSSR count). The number of amides is 1. The van der Waals surface area contributed by atoms with Crippen LogP contribution in [0.25, 0.3) is 5.78 Å². The summed E-state index contributed by atoms with van der Waals surface area (Å²) in [6, 6.07) is -1.03. The van der Waals surface area contributed by atoms with Crippen LogP contribution >= 0.6 is 0 Å². The topological polar surface area (TPSA) is 109 Å². The first-order chi connectivity index (χ1) is 11.5. The fourth-order valence-corrected chi connectivity index (χ4v) is 2.30. The number of hydrogen-bond acceptors (Lipinski definition) is 5. The molecule has 8 nitrogen and oxygen atoms in total. The standard InChI is InChI=1S/C14H16F3N5O3/c1-6-9(4-5-10(23)18-7(2)11(24)25)8(3)22-13(19-6)20-12(21-22)14(15,16)17/h7H,4-5H2,1-3H3,(H,18,23)(H,24,25)/t7-/m1/s1. The van der Waals surface area contributed by atoms with Gasteiger partial charge in [-0.3, -0.25) is 9.59 Å². The average Bonchev–Trinajstić information content (AvgIpc) is 2.91. The van der Waals surface area contributed by atoms with E-state index in [1.165, 1.54) is 6.92 Å². The minimum absolute atomic E-state index is 0.0344. The Morgan fingerprint density at radius 1 is 1.28 bits per heavy atom. The maximum Gasteiger partial charge on any atom is 0.453 e. The maximum atomic E-state index is 12.7. The second-order valence-corrected chi connectivity index (χ2v) is 5.53. The van der Waals surface area contributed by atoms with Crippen molar-refractivity contribution in [3.8, 4) is 0 Å². The number of carbonyl (C=O) groups excluding carboxylic acids is 1. The van der Waals surface area contributed by atoms with Crippen LogP contribution in [0.1, 0.15) is 36.1 Å². The summed E-state index contributed by atoms with van der Waals surface area (Å²) in [6.45, 7) is 4.49. The molecule has 0 unspecified atom stereocenters. The summed E-state index contributed by atoms with van der Waals surface area (Å²) in [5.41, 5.74) is 1.39. The molecular weight excluding hydrogens is 343 g/mol. The molecule has 0 bridgehead atoms. The number of rotatable bonds is 5. The Morgan fingerprint density at radius 2 is 1.92 bits per heavy atom. The van der Waals surface area contributed by atoms with Crippen molar-refractivity contribution in [2.75, 3.05) is 0 Å². The lowest BCUT2D eigenvalue weighted by Gasteiger charge is -2.12. The third kappa shape index (κ3) is 4.03. The Labute approximate surface area is 140 Å². The van der Waals surface area contributed by atoms with Crippen molar-refractivity contribution in [1.82, 2.24) is 24.9 Å². The zero-order valence-electron chi connectivity index (χ0n) is 13.7. The van der Waals surface area contributed by atoms with Gasteiger partial charge in [0.25, 0.3) is 11.6 Å². The van der Waals surface area contributed by atoms with E-state index in [-0.39, 0.29) is 18.6 Å². The Bertz CT molecular complexity index is 831. The molecule has 2 heterocycles. The predicted molar refractivity (Wildman–Crippen MR) is 78.8 cm³/mol. The molecule has 0 spiro atoms. The number of alkyl halides is 3. The van der Waals surface area contributed by atoms with E-state index in [4.69, 9.17) is 5.11 Å². The molecule has 2 aromatic rings. The molecule has 0 fully saturated rings. The van der Waals surface area contributed by atoms with Gasteiger partial charge in [0.15, 0.2) is 0 Å². The summed E-state index contributed by atoms with van der Waals surface area (Å²) < 4.78 is 39.2. The van der Waals surface area contributed by atoms with Gasteiger partial charge in [0.2, 0.25) is 5.91 Å². The number of fused-ring (bicyclic) bond motifs is 1. The lowest BCUT2D eigenvalue weighted by Crippen LogP contribution is -2.38. The highest BCUT2D eigenvalue weighted by Gasteiger charge is 2.36. The van der Waals surface area contributed by atoms with E-state index in [2.05, 4.69) is 20.4 Å². The predicted octanol–water partition coefficient (Wildman–Crippen LogP) is 1.28. The lowest BCUT2D eigenvalue weighted by atomic mass is 10.1. The third-order valence-electron chi connectivity index (χ3n) is 3.65. The second kappa shape index (κ2) is 6.65. The van der Waals surface area contributed by atoms with Crippen molar-refractivity contribution in [1.29, 1.82) is 0 Å². The van der Waals surface area contributed by atoms with Gasteiger partial charge < -0.3 is 10.4 Å². The summed E-state index contributed by atoms with van der Waals surface area (Å²) in [5, 5.41) is 14.5. The fraction of sp³-hybridized carbons (Fsp3) is 0.500. The summed E-state index contributed by atoms with van der Waals surface area (Å²) in [5.74, 6) is -3.10. The van der Waals surface area contributed by atoms with Crippen LogP contribution in [-0.2, 0) is 22.2 Å². The van der Waals surface area contributed by atoms with Crippen LogP contribution in [-0.4, -0.2) is 42.6 Å². The van der Waals surface area contributed by atoms with E-state index in [1.54, 1.807) is 13.8 Å². The molecule has 25 heavy (non-hydrogen) atoms. The van der Waals surface area contributed by atoms with Gasteiger partial charge in [0.05, 0.1) is 0 Å². The van der Waals surface area contributed by atoms with Crippen LogP contribution < -0.4 is 5.32 Å². The van der Waals surface area contributed by atoms with Crippen molar-refractivity contribution in [3.63, 3.8) is 0 Å². The molecule has 1 amide bonds. The number of carboxylic acids is 1. The molecule has 2 N–H and O–H groups in total. The van der Waals surface area contributed by atoms with E-state index in [0.29, 0.717) is 17.0 Å². The minimum Gasteiger partial charge on any atom is -0.480 e. The van der Waals surface area contributed by atoms with Gasteiger partial charge in [0, 0.05) is 17.8 Å². The zero-order valence-corrected chi connectivity index (χ0v) is 13.7. The van der Waals surface area contributed by atoms with Gasteiger partial charge in [-0.05, 0) is 32.8 Å². The van der Waals surface area contributed by atoms with Crippen LogP contribution in [0, 0.1) is 13.8 Å². The monoisotopic (exact) mass is 359 g/mol. The van der Waals surface area contributed by atoms with Crippen LogP contribution in [0.15, 0.2) is 0 Å². The molecule has 0 saturated carbocycles. The summed E-state index contributed by atoms with van der Waals surface area (Å²) in [4.78, 5) is 29.9. The van der Waals surface area contributed by atoms with E-state index in [1.807, 2.05) is 0 Å². The minimum atomic E-state index is -4.68. The van der Waals surface area contributed by atoms with Crippen molar-refractivity contribution in [2.24, 2.45) is 0 Å². The largest absolute Gasteiger partial charge is 0.480 e. The molecule has 0 aliphatic carbocycles. The Kier molecular flexibility index (Phi) is 4.95. The quantitative estimate of drug-likeness (QED) is 0.832. The molecule has 2 aromatic heterocycles. The first-order valence-corrected chi connectivity index (χ1v) is 7.33. The SMILES string of the molecule is Cc1nc2nc(C(F)(F)F)nn2c(C)c1CCC(=O)N[C@H](C)C(=O)O. The van der Waals surface area contributed by atoms with Gasteiger partial charge in [-0.15, -0.1) is 5.10 Å². The van der Waals surface area contributed by atoms with Crippen molar-refractivity contribution in [3.05, 3.63) is 22.8 Å². The van der Waals surface area contributed by atoms with Crippen molar-refractivity contribution < 1.29 is 27.9 Å². The highest BCUT2D eigenvalue weighted by atomic mass is 19.4. The van der Waals surface area contributed by atoms with E-state index < -0.39 is 29.9 Å². The number of carbonyl (C=O) groups is 2. The second-order valence-electron chi connectivity index (χ2n) is 5.53. The molecule has 0 aliphatic heterocycles. The highest BCUT2D eigenvalue weighted by Crippen LogP contribution is 2.27. The van der Waals surface area contributed by atoms with Crippen LogP contribution in [0.4, 0.5) is 13.2 Å². The maximum absolute atomic E-state index is 12.7. The number of nitrogens with one attached hydrogen (secondary N) is 1. The van der Waals surface area contributed by atoms with Gasteiger partial charge >= 0.3 is 12.1 Å². The first-order valence-electron chi connectivity index (χ1n) is 7.33. The summed E-state index contributed by atoms with van der Waals surface area (Å²) in [7, 11) is 0. The molecule has 0 radical (unpaired) electrons. The molecule has 11 heteroatoms. The average molecular weight is 359 g/mol. The van der Waals surface area contributed by atoms with Crippen LogP contribution in [0.2, 0.25) is 0 Å². The smallest absolute Gasteiger partial charge is 0.453 e. The number of aryl methyl sites for hydroxylation is 2. The van der Waals surface area contributed by atoms with Crippen molar-refractivity contribution >= 4 is 17.7 Å². The van der Waals surface area contributed by atoms with Crippen LogP contribution in [0.5, 0.6) is 0 Å². The van der Waals surface area contributed by atoms with E-state index in [0.717, 1.165) is 4.52 Å². The molecule has 0 aliphatic rings. The lowest BCUT2D eigenvalue weighted by molar-refractivity contribution is -0.144. The van der Waals surface area contributed by atoms with Gasteiger partial charge in [-0.25, -0.2) is 9.50 Å². The van der Waals surface area contributed by atoms with Gasteiger partial charge in [-0.2, -0.15) is 18.2 Å². The molecule has 1 atom stereocenters. The zero-order chi connectivity index (χ0) is 18.9. The third-order valence-corrected chi connectivity index (χ3v) is 3.65. The number of aliphatic carboxylic acids is 1. The number of hydrogen-bond donors (Lipinski definition) is 2.